The molecule has 1 aliphatic rings. The maximum Gasteiger partial charge on any atom is 0.292 e. The number of benzene rings is 2. The van der Waals surface area contributed by atoms with Gasteiger partial charge < -0.3 is 5.32 Å². The van der Waals surface area contributed by atoms with Crippen molar-refractivity contribution in [3.8, 4) is 0 Å². The topological polar surface area (TPSA) is 55.2 Å². The normalized spacial score (nSPS) is 20.6. The molecule has 3 rings (SSSR count). The molecule has 1 aliphatic carbocycles. The fourth-order valence-electron chi connectivity index (χ4n) is 2.82. The van der Waals surface area contributed by atoms with E-state index in [1.54, 1.807) is 18.2 Å². The van der Waals surface area contributed by atoms with Crippen molar-refractivity contribution in [2.45, 2.75) is 31.7 Å². The molecule has 0 amide bonds. The minimum atomic E-state index is -0.335. The Kier molecular flexibility index (Phi) is 3.60. The molecule has 21 heavy (non-hydrogen) atoms. The Bertz CT molecular complexity index is 646. The Hall–Kier alpha value is -2.36. The largest absolute Gasteiger partial charge is 0.377 e. The van der Waals surface area contributed by atoms with Gasteiger partial charge in [-0.25, -0.2) is 0 Å². The van der Waals surface area contributed by atoms with Crippen molar-refractivity contribution in [3.05, 3.63) is 69.8 Å². The van der Waals surface area contributed by atoms with Gasteiger partial charge in [-0.05, 0) is 37.3 Å². The molecule has 108 valence electrons. The van der Waals surface area contributed by atoms with Crippen LogP contribution in [0.15, 0.2) is 48.5 Å². The number of rotatable bonds is 4. The summed E-state index contributed by atoms with van der Waals surface area (Å²) in [6.07, 6.45) is 2.05. The molecule has 2 aromatic rings. The number of nitro groups is 1. The van der Waals surface area contributed by atoms with Crippen LogP contribution in [0.3, 0.4) is 0 Å². The Labute approximate surface area is 124 Å². The Morgan fingerprint density at radius 1 is 1.10 bits per heavy atom. The Morgan fingerprint density at radius 2 is 1.76 bits per heavy atom. The van der Waals surface area contributed by atoms with Crippen molar-refractivity contribution in [1.82, 2.24) is 0 Å². The predicted molar refractivity (Wildman–Crippen MR) is 83.7 cm³/mol. The summed E-state index contributed by atoms with van der Waals surface area (Å²) in [5, 5.41) is 14.3. The molecule has 0 unspecified atom stereocenters. The maximum absolute atomic E-state index is 11.0. The van der Waals surface area contributed by atoms with Crippen molar-refractivity contribution < 1.29 is 4.92 Å². The average molecular weight is 282 g/mol. The summed E-state index contributed by atoms with van der Waals surface area (Å²) in [7, 11) is 0. The molecular formula is C17H18N2O2. The lowest BCUT2D eigenvalue weighted by atomic mass is 9.75. The molecule has 4 heteroatoms. The number of nitrogens with zero attached hydrogens (tertiary/aromatic N) is 1. The van der Waals surface area contributed by atoms with Crippen molar-refractivity contribution in [1.29, 1.82) is 0 Å². The van der Waals surface area contributed by atoms with Crippen LogP contribution in [0.1, 0.15) is 29.9 Å². The van der Waals surface area contributed by atoms with Gasteiger partial charge in [-0.3, -0.25) is 10.1 Å². The highest BCUT2D eigenvalue weighted by molar-refractivity contribution is 5.61. The minimum Gasteiger partial charge on any atom is -0.377 e. The van der Waals surface area contributed by atoms with Gasteiger partial charge >= 0.3 is 0 Å². The molecule has 4 nitrogen and oxygen atoms in total. The van der Waals surface area contributed by atoms with E-state index in [4.69, 9.17) is 0 Å². The molecule has 0 bridgehead atoms. The summed E-state index contributed by atoms with van der Waals surface area (Å²) < 4.78 is 0. The highest BCUT2D eigenvalue weighted by atomic mass is 16.6. The second kappa shape index (κ2) is 5.56. The van der Waals surface area contributed by atoms with Crippen LogP contribution in [-0.4, -0.2) is 11.0 Å². The van der Waals surface area contributed by atoms with Gasteiger partial charge in [0.15, 0.2) is 0 Å². The van der Waals surface area contributed by atoms with E-state index in [1.165, 1.54) is 11.1 Å². The molecule has 0 atom stereocenters. The van der Waals surface area contributed by atoms with Crippen LogP contribution < -0.4 is 5.32 Å². The van der Waals surface area contributed by atoms with E-state index in [0.717, 1.165) is 12.8 Å². The van der Waals surface area contributed by atoms with Gasteiger partial charge in [-0.2, -0.15) is 0 Å². The van der Waals surface area contributed by atoms with E-state index in [-0.39, 0.29) is 10.6 Å². The van der Waals surface area contributed by atoms with E-state index < -0.39 is 0 Å². The summed E-state index contributed by atoms with van der Waals surface area (Å²) in [5.74, 6) is 0.561. The number of nitro benzene ring substituents is 1. The highest BCUT2D eigenvalue weighted by Crippen LogP contribution is 2.39. The van der Waals surface area contributed by atoms with Crippen LogP contribution in [0.4, 0.5) is 11.4 Å². The third-order valence-corrected chi connectivity index (χ3v) is 4.15. The first kappa shape index (κ1) is 13.6. The lowest BCUT2D eigenvalue weighted by molar-refractivity contribution is -0.384. The van der Waals surface area contributed by atoms with Gasteiger partial charge in [0.25, 0.3) is 5.69 Å². The predicted octanol–water partition coefficient (Wildman–Crippen LogP) is 4.26. The second-order valence-corrected chi connectivity index (χ2v) is 5.69. The molecule has 1 saturated carbocycles. The molecule has 2 aromatic carbocycles. The van der Waals surface area contributed by atoms with E-state index in [0.29, 0.717) is 17.6 Å². The van der Waals surface area contributed by atoms with Crippen LogP contribution in [0.5, 0.6) is 0 Å². The van der Waals surface area contributed by atoms with E-state index >= 15 is 0 Å². The van der Waals surface area contributed by atoms with Crippen LogP contribution in [-0.2, 0) is 0 Å². The third-order valence-electron chi connectivity index (χ3n) is 4.15. The van der Waals surface area contributed by atoms with Gasteiger partial charge in [-0.15, -0.1) is 0 Å². The summed E-state index contributed by atoms with van der Waals surface area (Å²) >= 11 is 0. The number of para-hydroxylation sites is 2. The first-order valence-electron chi connectivity index (χ1n) is 7.20. The summed E-state index contributed by atoms with van der Waals surface area (Å²) in [5.41, 5.74) is 3.40. The van der Waals surface area contributed by atoms with Crippen LogP contribution in [0.25, 0.3) is 0 Å². The standard InChI is InChI=1S/C17H18N2O2/c1-12-6-8-13(9-7-12)14-10-15(11-14)18-16-4-2-3-5-17(16)19(20)21/h2-9,14-15,18H,10-11H2,1H3. The SMILES string of the molecule is Cc1ccc(C2CC(Nc3ccccc3[N+](=O)[O-])C2)cc1. The van der Waals surface area contributed by atoms with Crippen molar-refractivity contribution in [2.24, 2.45) is 0 Å². The lowest BCUT2D eigenvalue weighted by Crippen LogP contribution is -2.34. The van der Waals surface area contributed by atoms with Gasteiger partial charge in [0.05, 0.1) is 4.92 Å². The van der Waals surface area contributed by atoms with Crippen LogP contribution >= 0.6 is 0 Å². The van der Waals surface area contributed by atoms with E-state index in [1.807, 2.05) is 6.07 Å². The second-order valence-electron chi connectivity index (χ2n) is 5.69. The minimum absolute atomic E-state index is 0.149. The molecule has 0 heterocycles. The fraction of sp³-hybridized carbons (Fsp3) is 0.294. The number of hydrogen-bond acceptors (Lipinski definition) is 3. The number of nitrogens with one attached hydrogen (secondary N) is 1. The number of hydrogen-bond donors (Lipinski definition) is 1. The van der Waals surface area contributed by atoms with Gasteiger partial charge in [0.2, 0.25) is 0 Å². The fourth-order valence-corrected chi connectivity index (χ4v) is 2.82. The van der Waals surface area contributed by atoms with Crippen molar-refractivity contribution in [3.63, 3.8) is 0 Å². The zero-order valence-corrected chi connectivity index (χ0v) is 12.0. The number of anilines is 1. The zero-order valence-electron chi connectivity index (χ0n) is 12.0. The van der Waals surface area contributed by atoms with Crippen molar-refractivity contribution in [2.75, 3.05) is 5.32 Å². The quantitative estimate of drug-likeness (QED) is 0.673. The molecule has 0 radical (unpaired) electrons. The smallest absolute Gasteiger partial charge is 0.292 e. The average Bonchev–Trinajstić information content (AvgIpc) is 2.44. The zero-order chi connectivity index (χ0) is 14.8. The lowest BCUT2D eigenvalue weighted by Gasteiger charge is -2.36. The van der Waals surface area contributed by atoms with E-state index in [9.17, 15) is 10.1 Å². The Balaban J connectivity index is 1.62. The van der Waals surface area contributed by atoms with Gasteiger partial charge in [0.1, 0.15) is 5.69 Å². The first-order valence-corrected chi connectivity index (χ1v) is 7.20. The molecule has 1 fully saturated rings. The molecule has 1 N–H and O–H groups in total. The molecule has 0 aliphatic heterocycles. The van der Waals surface area contributed by atoms with Gasteiger partial charge in [0, 0.05) is 12.1 Å². The monoisotopic (exact) mass is 282 g/mol. The van der Waals surface area contributed by atoms with Crippen LogP contribution in [0.2, 0.25) is 0 Å². The molecule has 0 spiro atoms. The van der Waals surface area contributed by atoms with Crippen molar-refractivity contribution >= 4 is 11.4 Å². The first-order chi connectivity index (χ1) is 10.1. The molecule has 0 aromatic heterocycles. The summed E-state index contributed by atoms with van der Waals surface area (Å²) in [4.78, 5) is 10.7. The van der Waals surface area contributed by atoms with E-state index in [2.05, 4.69) is 36.5 Å². The van der Waals surface area contributed by atoms with Gasteiger partial charge in [-0.1, -0.05) is 42.0 Å². The summed E-state index contributed by atoms with van der Waals surface area (Å²) in [6.45, 7) is 2.09. The molecule has 0 saturated heterocycles. The maximum atomic E-state index is 11.0. The Morgan fingerprint density at radius 3 is 2.43 bits per heavy atom. The molecular weight excluding hydrogens is 264 g/mol. The van der Waals surface area contributed by atoms with Crippen LogP contribution in [0, 0.1) is 17.0 Å². The number of aryl methyl sites for hydroxylation is 1. The summed E-state index contributed by atoms with van der Waals surface area (Å²) in [6, 6.07) is 15.8. The highest BCUT2D eigenvalue weighted by Gasteiger charge is 2.31. The third kappa shape index (κ3) is 2.89.